The monoisotopic (exact) mass is 300 g/mol. The predicted octanol–water partition coefficient (Wildman–Crippen LogP) is 1.44. The van der Waals surface area contributed by atoms with Gasteiger partial charge in [0.25, 0.3) is 0 Å². The second-order valence-corrected chi connectivity index (χ2v) is 4.50. The quantitative estimate of drug-likeness (QED) is 0.853. The van der Waals surface area contributed by atoms with E-state index in [1.165, 1.54) is 11.0 Å². The van der Waals surface area contributed by atoms with Gasteiger partial charge in [-0.25, -0.2) is 4.39 Å². The number of benzene rings is 1. The van der Waals surface area contributed by atoms with Crippen LogP contribution in [0.2, 0.25) is 0 Å². The van der Waals surface area contributed by atoms with Crippen LogP contribution >= 0.6 is 15.9 Å². The standard InChI is InChI=1S/C11H10BrFN2O2/c12-7-2-1-3-8(13)11(7)15-5-4-9(16)14-6-10(15)17/h1-3H,4-6H2,(H,14,16). The maximum atomic E-state index is 13.7. The van der Waals surface area contributed by atoms with Crippen molar-refractivity contribution in [2.24, 2.45) is 0 Å². The largest absolute Gasteiger partial charge is 0.347 e. The summed E-state index contributed by atoms with van der Waals surface area (Å²) in [6.45, 7) is 0.0871. The van der Waals surface area contributed by atoms with Gasteiger partial charge in [-0.15, -0.1) is 0 Å². The fraction of sp³-hybridized carbons (Fsp3) is 0.273. The molecule has 2 amide bonds. The zero-order chi connectivity index (χ0) is 12.4. The second-order valence-electron chi connectivity index (χ2n) is 3.64. The molecule has 1 heterocycles. The van der Waals surface area contributed by atoms with Crippen LogP contribution < -0.4 is 10.2 Å². The van der Waals surface area contributed by atoms with E-state index in [0.29, 0.717) is 4.47 Å². The average Bonchev–Trinajstić information content (AvgIpc) is 2.44. The van der Waals surface area contributed by atoms with Crippen LogP contribution in [0.1, 0.15) is 6.42 Å². The van der Waals surface area contributed by atoms with Gasteiger partial charge in [0.2, 0.25) is 11.8 Å². The molecule has 0 aromatic heterocycles. The van der Waals surface area contributed by atoms with Gasteiger partial charge < -0.3 is 10.2 Å². The Bertz CT molecular complexity index is 458. The Morgan fingerprint density at radius 1 is 1.35 bits per heavy atom. The van der Waals surface area contributed by atoms with Crippen LogP contribution in [0.25, 0.3) is 0 Å². The summed E-state index contributed by atoms with van der Waals surface area (Å²) in [5, 5.41) is 2.47. The van der Waals surface area contributed by atoms with E-state index in [-0.39, 0.29) is 37.0 Å². The number of nitrogens with zero attached hydrogens (tertiary/aromatic N) is 1. The van der Waals surface area contributed by atoms with E-state index >= 15 is 0 Å². The molecule has 90 valence electrons. The van der Waals surface area contributed by atoms with Crippen molar-refractivity contribution >= 4 is 33.4 Å². The summed E-state index contributed by atoms with van der Waals surface area (Å²) in [5.41, 5.74) is 0.189. The van der Waals surface area contributed by atoms with E-state index in [2.05, 4.69) is 21.2 Å². The summed E-state index contributed by atoms with van der Waals surface area (Å²) in [5.74, 6) is -1.00. The molecule has 0 radical (unpaired) electrons. The van der Waals surface area contributed by atoms with Crippen LogP contribution in [0.3, 0.4) is 0 Å². The van der Waals surface area contributed by atoms with Gasteiger partial charge in [-0.05, 0) is 28.1 Å². The SMILES string of the molecule is O=C1CCN(c2c(F)cccc2Br)C(=O)CN1. The number of hydrogen-bond acceptors (Lipinski definition) is 2. The highest BCUT2D eigenvalue weighted by molar-refractivity contribution is 9.10. The van der Waals surface area contributed by atoms with Crippen molar-refractivity contribution in [1.82, 2.24) is 5.32 Å². The molecule has 0 spiro atoms. The molecule has 1 aromatic rings. The molecule has 1 fully saturated rings. The Balaban J connectivity index is 2.38. The Hall–Kier alpha value is -1.43. The first-order valence-corrected chi connectivity index (χ1v) is 5.90. The lowest BCUT2D eigenvalue weighted by Crippen LogP contribution is -2.35. The number of anilines is 1. The first-order valence-electron chi connectivity index (χ1n) is 5.10. The summed E-state index contributed by atoms with van der Waals surface area (Å²) < 4.78 is 14.2. The van der Waals surface area contributed by atoms with Crippen molar-refractivity contribution in [3.05, 3.63) is 28.5 Å². The summed E-state index contributed by atoms with van der Waals surface area (Å²) >= 11 is 3.21. The Labute approximate surface area is 106 Å². The molecule has 1 saturated heterocycles. The van der Waals surface area contributed by atoms with Crippen molar-refractivity contribution in [3.63, 3.8) is 0 Å². The van der Waals surface area contributed by atoms with Crippen molar-refractivity contribution < 1.29 is 14.0 Å². The molecule has 1 N–H and O–H groups in total. The molecule has 0 bridgehead atoms. The Morgan fingerprint density at radius 2 is 2.12 bits per heavy atom. The molecule has 0 atom stereocenters. The minimum atomic E-state index is -0.484. The molecule has 6 heteroatoms. The number of carbonyl (C=O) groups excluding carboxylic acids is 2. The Kier molecular flexibility index (Phi) is 3.42. The normalized spacial score (nSPS) is 16.7. The molecular formula is C11H10BrFN2O2. The molecule has 0 saturated carbocycles. The zero-order valence-corrected chi connectivity index (χ0v) is 10.5. The van der Waals surface area contributed by atoms with E-state index < -0.39 is 5.82 Å². The number of rotatable bonds is 1. The van der Waals surface area contributed by atoms with Gasteiger partial charge in [-0.3, -0.25) is 9.59 Å². The van der Waals surface area contributed by atoms with E-state index in [9.17, 15) is 14.0 Å². The first-order chi connectivity index (χ1) is 8.09. The highest BCUT2D eigenvalue weighted by Gasteiger charge is 2.25. The van der Waals surface area contributed by atoms with Crippen LogP contribution in [-0.2, 0) is 9.59 Å². The summed E-state index contributed by atoms with van der Waals surface area (Å²) in [6, 6.07) is 4.49. The third-order valence-corrected chi connectivity index (χ3v) is 3.15. The molecule has 2 rings (SSSR count). The highest BCUT2D eigenvalue weighted by atomic mass is 79.9. The Morgan fingerprint density at radius 3 is 2.82 bits per heavy atom. The number of hydrogen-bond donors (Lipinski definition) is 1. The van der Waals surface area contributed by atoms with Gasteiger partial charge in [0, 0.05) is 17.4 Å². The molecule has 1 aliphatic rings. The minimum Gasteiger partial charge on any atom is -0.347 e. The van der Waals surface area contributed by atoms with Crippen LogP contribution in [0.15, 0.2) is 22.7 Å². The third kappa shape index (κ3) is 2.46. The average molecular weight is 301 g/mol. The molecule has 0 aliphatic carbocycles. The van der Waals surface area contributed by atoms with E-state index in [0.717, 1.165) is 0 Å². The van der Waals surface area contributed by atoms with Crippen LogP contribution in [-0.4, -0.2) is 24.9 Å². The lowest BCUT2D eigenvalue weighted by Gasteiger charge is -2.21. The van der Waals surface area contributed by atoms with E-state index in [1.54, 1.807) is 12.1 Å². The summed E-state index contributed by atoms with van der Waals surface area (Å²) in [4.78, 5) is 24.3. The lowest BCUT2D eigenvalue weighted by molar-refractivity contribution is -0.123. The molecule has 1 aliphatic heterocycles. The number of para-hydroxylation sites is 1. The van der Waals surface area contributed by atoms with Crippen molar-refractivity contribution in [1.29, 1.82) is 0 Å². The van der Waals surface area contributed by atoms with Gasteiger partial charge >= 0.3 is 0 Å². The van der Waals surface area contributed by atoms with E-state index in [1.807, 2.05) is 0 Å². The van der Waals surface area contributed by atoms with Crippen LogP contribution in [0, 0.1) is 5.82 Å². The molecular weight excluding hydrogens is 291 g/mol. The van der Waals surface area contributed by atoms with Crippen LogP contribution in [0.5, 0.6) is 0 Å². The van der Waals surface area contributed by atoms with Crippen molar-refractivity contribution in [3.8, 4) is 0 Å². The van der Waals surface area contributed by atoms with Gasteiger partial charge in [0.05, 0.1) is 12.2 Å². The van der Waals surface area contributed by atoms with Gasteiger partial charge in [-0.1, -0.05) is 6.07 Å². The predicted molar refractivity (Wildman–Crippen MR) is 64.1 cm³/mol. The fourth-order valence-corrected chi connectivity index (χ4v) is 2.24. The molecule has 17 heavy (non-hydrogen) atoms. The zero-order valence-electron chi connectivity index (χ0n) is 8.87. The smallest absolute Gasteiger partial charge is 0.246 e. The van der Waals surface area contributed by atoms with Crippen molar-refractivity contribution in [2.75, 3.05) is 18.0 Å². The first kappa shape index (κ1) is 12.0. The van der Waals surface area contributed by atoms with Gasteiger partial charge in [0.1, 0.15) is 5.82 Å². The highest BCUT2D eigenvalue weighted by Crippen LogP contribution is 2.29. The minimum absolute atomic E-state index is 0.0976. The van der Waals surface area contributed by atoms with Gasteiger partial charge in [-0.2, -0.15) is 0 Å². The van der Waals surface area contributed by atoms with E-state index in [4.69, 9.17) is 0 Å². The second kappa shape index (κ2) is 4.83. The third-order valence-electron chi connectivity index (χ3n) is 2.51. The van der Waals surface area contributed by atoms with Gasteiger partial charge in [0.15, 0.2) is 0 Å². The van der Waals surface area contributed by atoms with Crippen molar-refractivity contribution in [2.45, 2.75) is 6.42 Å². The topological polar surface area (TPSA) is 49.4 Å². The lowest BCUT2D eigenvalue weighted by atomic mass is 10.2. The number of carbonyl (C=O) groups is 2. The fourth-order valence-electron chi connectivity index (χ4n) is 1.68. The van der Waals surface area contributed by atoms with Crippen LogP contribution in [0.4, 0.5) is 10.1 Å². The maximum Gasteiger partial charge on any atom is 0.246 e. The maximum absolute atomic E-state index is 13.7. The molecule has 1 aromatic carbocycles. The molecule has 4 nitrogen and oxygen atoms in total. The summed E-state index contributed by atoms with van der Waals surface area (Å²) in [6.07, 6.45) is 0.173. The number of amides is 2. The summed E-state index contributed by atoms with van der Waals surface area (Å²) in [7, 11) is 0. The molecule has 0 unspecified atom stereocenters. The number of halogens is 2. The number of nitrogens with one attached hydrogen (secondary N) is 1.